The molecule has 0 heterocycles. The zero-order valence-electron chi connectivity index (χ0n) is 7.07. The van der Waals surface area contributed by atoms with E-state index in [1.807, 2.05) is 0 Å². The number of methoxy groups -OCH3 is 1. The summed E-state index contributed by atoms with van der Waals surface area (Å²) in [5.41, 5.74) is 0.410. The van der Waals surface area contributed by atoms with Gasteiger partial charge in [-0.05, 0) is 12.1 Å². The standard InChI is InChI=1S/C10H8O3/c1-13-10(12)7-6-8-4-2-3-5-9(8)11/h2-5,11H,1H3. The Labute approximate surface area is 76.0 Å². The van der Waals surface area contributed by atoms with Gasteiger partial charge in [0.05, 0.1) is 12.7 Å². The Morgan fingerprint density at radius 2 is 2.15 bits per heavy atom. The number of para-hydroxylation sites is 1. The minimum atomic E-state index is -0.622. The van der Waals surface area contributed by atoms with Gasteiger partial charge in [0.2, 0.25) is 0 Å². The Kier molecular flexibility index (Phi) is 2.93. The van der Waals surface area contributed by atoms with E-state index < -0.39 is 5.97 Å². The van der Waals surface area contributed by atoms with Crippen molar-refractivity contribution in [3.05, 3.63) is 29.8 Å². The molecule has 0 saturated carbocycles. The lowest BCUT2D eigenvalue weighted by atomic mass is 10.2. The summed E-state index contributed by atoms with van der Waals surface area (Å²) < 4.78 is 4.32. The van der Waals surface area contributed by atoms with E-state index in [4.69, 9.17) is 0 Å². The molecule has 1 rings (SSSR count). The Morgan fingerprint density at radius 3 is 2.77 bits per heavy atom. The van der Waals surface area contributed by atoms with E-state index in [9.17, 15) is 9.90 Å². The molecule has 3 heteroatoms. The Hall–Kier alpha value is -1.95. The summed E-state index contributed by atoms with van der Waals surface area (Å²) >= 11 is 0. The van der Waals surface area contributed by atoms with E-state index in [0.29, 0.717) is 5.56 Å². The fourth-order valence-electron chi connectivity index (χ4n) is 0.749. The van der Waals surface area contributed by atoms with E-state index in [1.54, 1.807) is 18.2 Å². The highest BCUT2D eigenvalue weighted by Crippen LogP contribution is 2.13. The third-order valence-corrected chi connectivity index (χ3v) is 1.39. The second kappa shape index (κ2) is 4.17. The largest absolute Gasteiger partial charge is 0.507 e. The first kappa shape index (κ1) is 9.14. The normalized spacial score (nSPS) is 8.38. The number of hydrogen-bond donors (Lipinski definition) is 1. The molecular formula is C10H8O3. The van der Waals surface area contributed by atoms with Crippen molar-refractivity contribution in [3.63, 3.8) is 0 Å². The van der Waals surface area contributed by atoms with Gasteiger partial charge in [0.1, 0.15) is 5.75 Å². The van der Waals surface area contributed by atoms with Crippen LogP contribution < -0.4 is 0 Å². The van der Waals surface area contributed by atoms with Crippen LogP contribution in [0.3, 0.4) is 0 Å². The van der Waals surface area contributed by atoms with Crippen LogP contribution in [-0.4, -0.2) is 18.2 Å². The van der Waals surface area contributed by atoms with Crippen LogP contribution in [0.2, 0.25) is 0 Å². The number of phenolic OH excluding ortho intramolecular Hbond substituents is 1. The maximum atomic E-state index is 10.6. The predicted octanol–water partition coefficient (Wildman–Crippen LogP) is 0.917. The van der Waals surface area contributed by atoms with Gasteiger partial charge in [0, 0.05) is 5.92 Å². The Balaban J connectivity index is 2.89. The smallest absolute Gasteiger partial charge is 0.384 e. The number of phenols is 1. The molecule has 1 aromatic carbocycles. The van der Waals surface area contributed by atoms with Gasteiger partial charge in [-0.25, -0.2) is 4.79 Å². The molecule has 13 heavy (non-hydrogen) atoms. The number of rotatable bonds is 0. The van der Waals surface area contributed by atoms with Crippen molar-refractivity contribution in [1.82, 2.24) is 0 Å². The second-order valence-corrected chi connectivity index (χ2v) is 2.26. The first-order valence-electron chi connectivity index (χ1n) is 3.62. The van der Waals surface area contributed by atoms with Crippen LogP contribution in [0.1, 0.15) is 5.56 Å². The quantitative estimate of drug-likeness (QED) is 0.472. The molecule has 0 amide bonds. The summed E-state index contributed by atoms with van der Waals surface area (Å²) in [7, 11) is 1.25. The third kappa shape index (κ3) is 2.53. The van der Waals surface area contributed by atoms with Gasteiger partial charge in [0.15, 0.2) is 0 Å². The molecule has 0 unspecified atom stereocenters. The lowest BCUT2D eigenvalue weighted by molar-refractivity contribution is -0.133. The van der Waals surface area contributed by atoms with Crippen LogP contribution in [0.15, 0.2) is 24.3 Å². The average Bonchev–Trinajstić information content (AvgIpc) is 2.16. The zero-order chi connectivity index (χ0) is 9.68. The van der Waals surface area contributed by atoms with E-state index in [1.165, 1.54) is 13.2 Å². The summed E-state index contributed by atoms with van der Waals surface area (Å²) in [4.78, 5) is 10.6. The van der Waals surface area contributed by atoms with Gasteiger partial charge in [0.25, 0.3) is 0 Å². The van der Waals surface area contributed by atoms with Crippen molar-refractivity contribution in [2.75, 3.05) is 7.11 Å². The summed E-state index contributed by atoms with van der Waals surface area (Å²) in [5.74, 6) is 4.14. The molecule has 1 N–H and O–H groups in total. The molecule has 0 atom stereocenters. The summed E-state index contributed by atoms with van der Waals surface area (Å²) in [6.45, 7) is 0. The second-order valence-electron chi connectivity index (χ2n) is 2.26. The molecule has 0 bridgehead atoms. The van der Waals surface area contributed by atoms with Gasteiger partial charge in [-0.3, -0.25) is 0 Å². The average molecular weight is 176 g/mol. The lowest BCUT2D eigenvalue weighted by Gasteiger charge is -1.93. The first-order chi connectivity index (χ1) is 6.24. The number of esters is 1. The molecule has 0 radical (unpaired) electrons. The van der Waals surface area contributed by atoms with Gasteiger partial charge in [-0.2, -0.15) is 0 Å². The third-order valence-electron chi connectivity index (χ3n) is 1.39. The highest BCUT2D eigenvalue weighted by Gasteiger charge is 1.95. The van der Waals surface area contributed by atoms with E-state index in [2.05, 4.69) is 16.6 Å². The van der Waals surface area contributed by atoms with Crippen LogP contribution in [0, 0.1) is 11.8 Å². The first-order valence-corrected chi connectivity index (χ1v) is 3.62. The Morgan fingerprint density at radius 1 is 1.46 bits per heavy atom. The molecule has 0 aromatic heterocycles. The maximum absolute atomic E-state index is 10.6. The van der Waals surface area contributed by atoms with Crippen LogP contribution in [0.25, 0.3) is 0 Å². The van der Waals surface area contributed by atoms with Crippen LogP contribution in [0.4, 0.5) is 0 Å². The molecule has 0 saturated heterocycles. The maximum Gasteiger partial charge on any atom is 0.384 e. The van der Waals surface area contributed by atoms with Crippen molar-refractivity contribution >= 4 is 5.97 Å². The number of carbonyl (C=O) groups is 1. The summed E-state index contributed by atoms with van der Waals surface area (Å²) in [5, 5.41) is 9.24. The van der Waals surface area contributed by atoms with E-state index >= 15 is 0 Å². The molecule has 0 spiro atoms. The zero-order valence-corrected chi connectivity index (χ0v) is 7.07. The van der Waals surface area contributed by atoms with Gasteiger partial charge >= 0.3 is 5.97 Å². The fraction of sp³-hybridized carbons (Fsp3) is 0.100. The molecule has 0 fully saturated rings. The summed E-state index contributed by atoms with van der Waals surface area (Å²) in [6, 6.07) is 6.52. The number of ether oxygens (including phenoxy) is 1. The monoisotopic (exact) mass is 176 g/mol. The Bertz CT molecular complexity index is 371. The number of carbonyl (C=O) groups excluding carboxylic acids is 1. The van der Waals surface area contributed by atoms with Gasteiger partial charge in [-0.15, -0.1) is 0 Å². The fourth-order valence-corrected chi connectivity index (χ4v) is 0.749. The minimum Gasteiger partial charge on any atom is -0.507 e. The highest BCUT2D eigenvalue weighted by molar-refractivity contribution is 5.89. The van der Waals surface area contributed by atoms with Crippen molar-refractivity contribution in [2.45, 2.75) is 0 Å². The van der Waals surface area contributed by atoms with Crippen molar-refractivity contribution in [3.8, 4) is 17.6 Å². The molecular weight excluding hydrogens is 168 g/mol. The van der Waals surface area contributed by atoms with E-state index in [0.717, 1.165) is 0 Å². The van der Waals surface area contributed by atoms with Gasteiger partial charge < -0.3 is 9.84 Å². The van der Waals surface area contributed by atoms with Crippen LogP contribution >= 0.6 is 0 Å². The van der Waals surface area contributed by atoms with Gasteiger partial charge in [-0.1, -0.05) is 18.1 Å². The van der Waals surface area contributed by atoms with Crippen molar-refractivity contribution < 1.29 is 14.6 Å². The minimum absolute atomic E-state index is 0.0545. The molecule has 0 aliphatic carbocycles. The predicted molar refractivity (Wildman–Crippen MR) is 47.0 cm³/mol. The van der Waals surface area contributed by atoms with Crippen molar-refractivity contribution in [2.24, 2.45) is 0 Å². The van der Waals surface area contributed by atoms with Crippen LogP contribution in [0.5, 0.6) is 5.75 Å². The topological polar surface area (TPSA) is 46.5 Å². The number of hydrogen-bond acceptors (Lipinski definition) is 3. The molecule has 0 aliphatic rings. The molecule has 1 aromatic rings. The molecule has 3 nitrogen and oxygen atoms in total. The SMILES string of the molecule is COC(=O)C#Cc1ccccc1O. The number of benzene rings is 1. The lowest BCUT2D eigenvalue weighted by Crippen LogP contribution is -1.94. The summed E-state index contributed by atoms with van der Waals surface area (Å²) in [6.07, 6.45) is 0. The molecule has 0 aliphatic heterocycles. The van der Waals surface area contributed by atoms with Crippen molar-refractivity contribution in [1.29, 1.82) is 0 Å². The number of aromatic hydroxyl groups is 1. The van der Waals surface area contributed by atoms with Crippen LogP contribution in [-0.2, 0) is 9.53 Å². The molecule has 66 valence electrons. The highest BCUT2D eigenvalue weighted by atomic mass is 16.5. The van der Waals surface area contributed by atoms with E-state index in [-0.39, 0.29) is 5.75 Å².